The summed E-state index contributed by atoms with van der Waals surface area (Å²) in [5.74, 6) is -0.529. The summed E-state index contributed by atoms with van der Waals surface area (Å²) >= 11 is 1.91. The molecule has 0 aromatic heterocycles. The first-order chi connectivity index (χ1) is 6.91. The number of Topliss-reactive ketones (excluding diaryl/α,β-unsaturated/α-hetero) is 1. The molecule has 0 saturated heterocycles. The molecule has 0 bridgehead atoms. The number of nitrogens with two attached hydrogens (primary N) is 1. The number of rotatable bonds is 3. The fraction of sp³-hybridized carbons (Fsp3) is 0.222. The molecule has 0 amide bonds. The Labute approximate surface area is 98.7 Å². The maximum atomic E-state index is 12.0. The van der Waals surface area contributed by atoms with Gasteiger partial charge in [-0.1, -0.05) is 0 Å². The van der Waals surface area contributed by atoms with Crippen molar-refractivity contribution in [1.82, 2.24) is 0 Å². The van der Waals surface area contributed by atoms with Crippen LogP contribution in [0, 0.1) is 3.57 Å². The monoisotopic (exact) mass is 327 g/mol. The quantitative estimate of drug-likeness (QED) is 0.528. The highest BCUT2D eigenvalue weighted by molar-refractivity contribution is 14.1. The van der Waals surface area contributed by atoms with E-state index in [1.807, 2.05) is 22.6 Å². The van der Waals surface area contributed by atoms with Gasteiger partial charge in [-0.15, -0.1) is 0 Å². The topological polar surface area (TPSA) is 52.3 Å². The van der Waals surface area contributed by atoms with Crippen molar-refractivity contribution < 1.29 is 18.3 Å². The maximum Gasteiger partial charge on any atom is 0.387 e. The van der Waals surface area contributed by atoms with Crippen LogP contribution < -0.4 is 10.5 Å². The summed E-state index contributed by atoms with van der Waals surface area (Å²) in [6.45, 7) is -1.69. The molecule has 0 aliphatic rings. The van der Waals surface area contributed by atoms with Crippen molar-refractivity contribution in [2.45, 2.75) is 13.5 Å². The van der Waals surface area contributed by atoms with Gasteiger partial charge in [0.15, 0.2) is 5.78 Å². The molecule has 0 aliphatic carbocycles. The molecule has 0 fully saturated rings. The number of nitrogen functional groups attached to an aromatic ring is 1. The lowest BCUT2D eigenvalue weighted by Crippen LogP contribution is -2.08. The summed E-state index contributed by atoms with van der Waals surface area (Å²) in [7, 11) is 0. The minimum absolute atomic E-state index is 0.105. The van der Waals surface area contributed by atoms with Gasteiger partial charge in [-0.05, 0) is 35.6 Å². The molecule has 0 spiro atoms. The van der Waals surface area contributed by atoms with Gasteiger partial charge < -0.3 is 10.5 Å². The Balaban J connectivity index is 3.22. The SMILES string of the molecule is CC(=O)c1cc(I)c(N)cc1OC(F)F. The number of ether oxygens (including phenoxy) is 1. The molecular weight excluding hydrogens is 319 g/mol. The number of ketones is 1. The fourth-order valence-corrected chi connectivity index (χ4v) is 1.50. The molecule has 0 heterocycles. The van der Waals surface area contributed by atoms with Crippen LogP contribution in [0.3, 0.4) is 0 Å². The van der Waals surface area contributed by atoms with E-state index < -0.39 is 6.61 Å². The second kappa shape index (κ2) is 4.73. The van der Waals surface area contributed by atoms with Crippen LogP contribution in [0.1, 0.15) is 17.3 Å². The van der Waals surface area contributed by atoms with E-state index in [1.54, 1.807) is 0 Å². The third-order valence-electron chi connectivity index (χ3n) is 1.69. The Morgan fingerprint density at radius 3 is 2.60 bits per heavy atom. The predicted molar refractivity (Wildman–Crippen MR) is 60.2 cm³/mol. The van der Waals surface area contributed by atoms with Crippen molar-refractivity contribution in [2.75, 3.05) is 5.73 Å². The highest BCUT2D eigenvalue weighted by Gasteiger charge is 2.15. The van der Waals surface area contributed by atoms with Crippen molar-refractivity contribution >= 4 is 34.1 Å². The Kier molecular flexibility index (Phi) is 3.83. The van der Waals surface area contributed by atoms with E-state index in [1.165, 1.54) is 19.1 Å². The Bertz CT molecular complexity index is 396. The van der Waals surface area contributed by atoms with Crippen molar-refractivity contribution in [3.8, 4) is 5.75 Å². The van der Waals surface area contributed by atoms with Crippen LogP contribution in [-0.4, -0.2) is 12.4 Å². The molecule has 0 unspecified atom stereocenters. The van der Waals surface area contributed by atoms with Gasteiger partial charge in [0.2, 0.25) is 0 Å². The number of halogens is 3. The first kappa shape index (κ1) is 12.2. The highest BCUT2D eigenvalue weighted by Crippen LogP contribution is 2.28. The zero-order valence-corrected chi connectivity index (χ0v) is 9.92. The molecule has 0 saturated carbocycles. The number of carbonyl (C=O) groups is 1. The van der Waals surface area contributed by atoms with Gasteiger partial charge in [-0.2, -0.15) is 8.78 Å². The van der Waals surface area contributed by atoms with E-state index in [-0.39, 0.29) is 17.1 Å². The molecule has 0 aliphatic heterocycles. The molecular formula is C9H8F2INO2. The summed E-state index contributed by atoms with van der Waals surface area (Å²) < 4.78 is 28.9. The van der Waals surface area contributed by atoms with Crippen LogP contribution >= 0.6 is 22.6 Å². The van der Waals surface area contributed by atoms with Gasteiger partial charge in [0, 0.05) is 15.3 Å². The number of alkyl halides is 2. The number of hydrogen-bond acceptors (Lipinski definition) is 3. The minimum atomic E-state index is -2.97. The first-order valence-electron chi connectivity index (χ1n) is 3.96. The average Bonchev–Trinajstić information content (AvgIpc) is 2.09. The van der Waals surface area contributed by atoms with Crippen molar-refractivity contribution in [2.24, 2.45) is 0 Å². The summed E-state index contributed by atoms with van der Waals surface area (Å²) in [5.41, 5.74) is 5.93. The Morgan fingerprint density at radius 1 is 1.53 bits per heavy atom. The number of hydrogen-bond donors (Lipinski definition) is 1. The molecule has 6 heteroatoms. The van der Waals surface area contributed by atoms with Gasteiger partial charge in [-0.3, -0.25) is 4.79 Å². The third kappa shape index (κ3) is 3.01. The number of carbonyl (C=O) groups excluding carboxylic acids is 1. The van der Waals surface area contributed by atoms with Crippen molar-refractivity contribution in [3.63, 3.8) is 0 Å². The van der Waals surface area contributed by atoms with Crippen LogP contribution in [0.2, 0.25) is 0 Å². The zero-order chi connectivity index (χ0) is 11.6. The Morgan fingerprint density at radius 2 is 2.13 bits per heavy atom. The van der Waals surface area contributed by atoms with Gasteiger partial charge in [-0.25, -0.2) is 0 Å². The number of anilines is 1. The van der Waals surface area contributed by atoms with Crippen LogP contribution in [-0.2, 0) is 0 Å². The second-order valence-electron chi connectivity index (χ2n) is 2.80. The highest BCUT2D eigenvalue weighted by atomic mass is 127. The largest absolute Gasteiger partial charge is 0.434 e. The standard InChI is InChI=1S/C9H8F2INO2/c1-4(14)5-2-6(12)7(13)3-8(5)15-9(10)11/h2-3,9H,13H2,1H3. The van der Waals surface area contributed by atoms with Crippen LogP contribution in [0.4, 0.5) is 14.5 Å². The third-order valence-corrected chi connectivity index (χ3v) is 2.63. The summed E-state index contributed by atoms with van der Waals surface area (Å²) in [6, 6.07) is 2.65. The maximum absolute atomic E-state index is 12.0. The minimum Gasteiger partial charge on any atom is -0.434 e. The lowest BCUT2D eigenvalue weighted by Gasteiger charge is -2.10. The summed E-state index contributed by atoms with van der Waals surface area (Å²) in [6.07, 6.45) is 0. The molecule has 2 N–H and O–H groups in total. The van der Waals surface area contributed by atoms with E-state index in [2.05, 4.69) is 4.74 Å². The predicted octanol–water partition coefficient (Wildman–Crippen LogP) is 2.68. The molecule has 1 aromatic rings. The van der Waals surface area contributed by atoms with Gasteiger partial charge in [0.1, 0.15) is 5.75 Å². The van der Waals surface area contributed by atoms with E-state index in [4.69, 9.17) is 5.73 Å². The van der Waals surface area contributed by atoms with E-state index in [9.17, 15) is 13.6 Å². The fourth-order valence-electron chi connectivity index (χ4n) is 1.04. The lowest BCUT2D eigenvalue weighted by molar-refractivity contribution is -0.0500. The van der Waals surface area contributed by atoms with Crippen molar-refractivity contribution in [1.29, 1.82) is 0 Å². The van der Waals surface area contributed by atoms with Gasteiger partial charge in [0.25, 0.3) is 0 Å². The molecule has 82 valence electrons. The Hall–Kier alpha value is -0.920. The van der Waals surface area contributed by atoms with Crippen LogP contribution in [0.5, 0.6) is 5.75 Å². The normalized spacial score (nSPS) is 10.5. The molecule has 0 atom stereocenters. The molecule has 0 radical (unpaired) electrons. The molecule has 1 rings (SSSR count). The van der Waals surface area contributed by atoms with E-state index in [0.29, 0.717) is 9.26 Å². The lowest BCUT2D eigenvalue weighted by atomic mass is 10.1. The van der Waals surface area contributed by atoms with E-state index >= 15 is 0 Å². The molecule has 1 aromatic carbocycles. The van der Waals surface area contributed by atoms with Gasteiger partial charge in [0.05, 0.1) is 5.56 Å². The molecule has 3 nitrogen and oxygen atoms in total. The smallest absolute Gasteiger partial charge is 0.387 e. The van der Waals surface area contributed by atoms with Crippen LogP contribution in [0.15, 0.2) is 12.1 Å². The zero-order valence-electron chi connectivity index (χ0n) is 7.76. The number of benzene rings is 1. The molecule has 15 heavy (non-hydrogen) atoms. The van der Waals surface area contributed by atoms with Crippen LogP contribution in [0.25, 0.3) is 0 Å². The summed E-state index contributed by atoms with van der Waals surface area (Å²) in [5, 5.41) is 0. The van der Waals surface area contributed by atoms with Gasteiger partial charge >= 0.3 is 6.61 Å². The van der Waals surface area contributed by atoms with Crippen molar-refractivity contribution in [3.05, 3.63) is 21.3 Å². The van der Waals surface area contributed by atoms with E-state index in [0.717, 1.165) is 0 Å². The average molecular weight is 327 g/mol. The first-order valence-corrected chi connectivity index (χ1v) is 5.04. The summed E-state index contributed by atoms with van der Waals surface area (Å²) in [4.78, 5) is 11.1. The second-order valence-corrected chi connectivity index (χ2v) is 3.97.